The number of anilines is 1. The molecule has 6 aliphatic rings. The molecule has 10 heterocycles. The van der Waals surface area contributed by atoms with E-state index in [1.54, 1.807) is 42.4 Å². The van der Waals surface area contributed by atoms with Crippen molar-refractivity contribution >= 4 is 150 Å². The highest BCUT2D eigenvalue weighted by atomic mass is 35.5. The molecule has 594 valence electrons. The Hall–Kier alpha value is -7.06. The van der Waals surface area contributed by atoms with Crippen molar-refractivity contribution in [2.75, 3.05) is 117 Å². The van der Waals surface area contributed by atoms with Gasteiger partial charge < -0.3 is 34.0 Å². The van der Waals surface area contributed by atoms with Gasteiger partial charge in [-0.1, -0.05) is 71.9 Å². The maximum absolute atomic E-state index is 12.1. The molecule has 16 rings (SSSR count). The van der Waals surface area contributed by atoms with Crippen LogP contribution in [-0.2, 0) is 47.5 Å². The number of benzene rings is 5. The third-order valence-electron chi connectivity index (χ3n) is 21.7. The number of carbonyl (C=O) groups is 2. The first-order chi connectivity index (χ1) is 52.5. The van der Waals surface area contributed by atoms with Crippen LogP contribution < -0.4 is 14.4 Å². The lowest BCUT2D eigenvalue weighted by atomic mass is 9.87. The molecule has 0 atom stereocenters. The van der Waals surface area contributed by atoms with Crippen molar-refractivity contribution in [3.05, 3.63) is 128 Å². The zero-order chi connectivity index (χ0) is 78.3. The molecule has 10 aromatic rings. The van der Waals surface area contributed by atoms with E-state index in [2.05, 4.69) is 77.6 Å². The predicted octanol–water partition coefficient (Wildman–Crippen LogP) is 13.3. The van der Waals surface area contributed by atoms with Crippen molar-refractivity contribution < 1.29 is 45.7 Å². The number of methoxy groups -OCH3 is 1. The first-order valence-electron chi connectivity index (χ1n) is 37.6. The van der Waals surface area contributed by atoms with Crippen LogP contribution in [0.4, 0.5) is 5.69 Å². The number of piperidine rings is 4. The van der Waals surface area contributed by atoms with Crippen molar-refractivity contribution in [3.8, 4) is 11.5 Å². The summed E-state index contributed by atoms with van der Waals surface area (Å²) >= 11 is 31.1. The van der Waals surface area contributed by atoms with E-state index in [0.29, 0.717) is 117 Å². The van der Waals surface area contributed by atoms with Gasteiger partial charge >= 0.3 is 0 Å². The van der Waals surface area contributed by atoms with E-state index < -0.39 is 20.0 Å². The molecular weight excluding hydrogens is 1550 g/mol. The number of amides is 2. The largest absolute Gasteiger partial charge is 0.490 e. The fourth-order valence-corrected chi connectivity index (χ4v) is 18.0. The number of ether oxygens (including phenoxy) is 3. The molecule has 2 amide bonds. The van der Waals surface area contributed by atoms with E-state index in [4.69, 9.17) is 77.3 Å². The van der Waals surface area contributed by atoms with Crippen molar-refractivity contribution in [2.45, 2.75) is 135 Å². The molecule has 1 saturated carbocycles. The highest BCUT2D eigenvalue weighted by molar-refractivity contribution is 7.88. The molecule has 110 heavy (non-hydrogen) atoms. The summed E-state index contributed by atoms with van der Waals surface area (Å²) in [5.74, 6) is 3.26. The molecule has 4 N–H and O–H groups in total. The van der Waals surface area contributed by atoms with Crippen molar-refractivity contribution in [2.24, 2.45) is 11.8 Å². The van der Waals surface area contributed by atoms with Crippen LogP contribution in [0.15, 0.2) is 91.6 Å². The van der Waals surface area contributed by atoms with Gasteiger partial charge in [0, 0.05) is 143 Å². The van der Waals surface area contributed by atoms with Gasteiger partial charge in [0.1, 0.15) is 23.7 Å². The van der Waals surface area contributed by atoms with E-state index in [9.17, 15) is 26.4 Å². The van der Waals surface area contributed by atoms with Crippen LogP contribution in [0.3, 0.4) is 0 Å². The number of carbonyl (C=O) groups excluding carboxylic acids is 2. The number of aromatic nitrogens is 10. The number of nitrogens with one attached hydrogen (secondary N) is 3. The number of hydrogen-bond donors (Lipinski definition) is 4. The average Bonchev–Trinajstić information content (AvgIpc) is 1.56. The average molecular weight is 1650 g/mol. The van der Waals surface area contributed by atoms with E-state index in [0.717, 1.165) is 154 Å². The molecule has 0 bridgehead atoms. The molecule has 5 aromatic carbocycles. The SMILES string of the molecule is CC(C)C(=O)N1CCC(c2cc(Cl)cc3[nH]ncc23)CC1.CN1CCN(c2cc(Cl)cc3[nH]ncc23)CC1(C)C.COCCn1ncc2c(OC3CCN(S(C)(=O)=O)CC3)cc(Cl)cc21.CS(=O)(=O)N1CCC(Oc2cc(Cl)cc3c2cnn3CCO)CC1.O=C(C1CC1)N1CCC(c2cc(Cl)cc3[nH]ncc23)CC1. The van der Waals surface area contributed by atoms with Crippen LogP contribution in [0.25, 0.3) is 54.5 Å². The number of piperazine rings is 1. The Kier molecular flexibility index (Phi) is 26.9. The smallest absolute Gasteiger partial charge is 0.225 e. The maximum atomic E-state index is 12.1. The molecule has 5 aromatic heterocycles. The summed E-state index contributed by atoms with van der Waals surface area (Å²) in [5.41, 5.74) is 8.54. The number of rotatable bonds is 16. The number of hydrogen-bond acceptors (Lipinski definition) is 17. The van der Waals surface area contributed by atoms with Gasteiger partial charge in [-0.2, -0.15) is 25.5 Å². The third-order valence-corrected chi connectivity index (χ3v) is 25.4. The Morgan fingerprint density at radius 1 is 0.536 bits per heavy atom. The molecule has 0 spiro atoms. The van der Waals surface area contributed by atoms with Crippen LogP contribution in [0, 0.1) is 11.8 Å². The number of nitrogens with zero attached hydrogens (tertiary/aromatic N) is 13. The summed E-state index contributed by atoms with van der Waals surface area (Å²) in [6.45, 7) is 18.3. The van der Waals surface area contributed by atoms with E-state index >= 15 is 0 Å². The van der Waals surface area contributed by atoms with Gasteiger partial charge in [-0.15, -0.1) is 0 Å². The minimum absolute atomic E-state index is 0.0105. The van der Waals surface area contributed by atoms with Crippen LogP contribution in [0.2, 0.25) is 25.1 Å². The molecule has 1 aliphatic carbocycles. The lowest BCUT2D eigenvalue weighted by Crippen LogP contribution is -2.57. The first kappa shape index (κ1) is 82.4. The lowest BCUT2D eigenvalue weighted by molar-refractivity contribution is -0.135. The number of H-pyrrole nitrogens is 3. The highest BCUT2D eigenvalue weighted by Gasteiger charge is 2.37. The molecule has 0 radical (unpaired) electrons. The van der Waals surface area contributed by atoms with Crippen molar-refractivity contribution in [1.82, 2.24) is 73.5 Å². The van der Waals surface area contributed by atoms with E-state index in [-0.39, 0.29) is 36.2 Å². The molecule has 5 saturated heterocycles. The number of likely N-dealkylation sites (N-methyl/N-ethyl adjacent to an activating group) is 1. The molecule has 5 aliphatic heterocycles. The van der Waals surface area contributed by atoms with Gasteiger partial charge in [0.25, 0.3) is 0 Å². The number of sulfonamides is 2. The van der Waals surface area contributed by atoms with Crippen LogP contribution >= 0.6 is 58.0 Å². The highest BCUT2D eigenvalue weighted by Crippen LogP contribution is 2.41. The Labute approximate surface area is 667 Å². The predicted molar refractivity (Wildman–Crippen MR) is 435 cm³/mol. The topological polar surface area (TPSA) is 291 Å². The van der Waals surface area contributed by atoms with Gasteiger partial charge in [0.05, 0.1) is 108 Å². The summed E-state index contributed by atoms with van der Waals surface area (Å²) in [6.07, 6.45) is 20.2. The standard InChI is InChI=1S/C16H22ClN3O4S.C16H18ClN3O.C16H20ClN3O.C15H20ClN3O4S.C14H19ClN4/c1-23-8-7-20-15-9-12(17)10-16(14(15)11-18-20)24-13-3-5-19(6-4-13)25(2,21)22;17-12-7-13(14-9-18-19-15(14)8-12)10-3-5-20(6-4-10)16(21)11-1-2-11;1-10(2)16(21)20-5-3-11(4-6-20)13-7-12(17)8-15-14(13)9-18-19-15;1-24(21,22)18-4-2-12(3-5-18)23-15-9-11(16)8-14-13(15)10-17-19(14)6-7-20;1-14(2)9-19(5-4-18(14)3)13-7-10(15)6-12-11(13)8-16-17-12/h9-11,13H,3-8H2,1-2H3;7-11H,1-6H2,(H,18,19);7-11H,3-6H2,1-2H3,(H,18,19);8-10,12,20H,2-7H2,1H3;6-8H,4-5,9H2,1-3H3,(H,16,17). The van der Waals surface area contributed by atoms with Crippen LogP contribution in [0.1, 0.15) is 115 Å². The van der Waals surface area contributed by atoms with Gasteiger partial charge in [-0.25, -0.2) is 25.4 Å². The molecule has 33 heteroatoms. The minimum Gasteiger partial charge on any atom is -0.490 e. The molecule has 26 nitrogen and oxygen atoms in total. The Balaban J connectivity index is 0.000000128. The molecule has 0 unspecified atom stereocenters. The van der Waals surface area contributed by atoms with Gasteiger partial charge in [0.15, 0.2) is 0 Å². The summed E-state index contributed by atoms with van der Waals surface area (Å²) in [7, 11) is -2.45. The zero-order valence-electron chi connectivity index (χ0n) is 63.4. The normalized spacial score (nSPS) is 18.3. The Morgan fingerprint density at radius 3 is 1.39 bits per heavy atom. The van der Waals surface area contributed by atoms with Crippen molar-refractivity contribution in [1.29, 1.82) is 0 Å². The van der Waals surface area contributed by atoms with Crippen LogP contribution in [0.5, 0.6) is 11.5 Å². The minimum atomic E-state index is -3.15. The summed E-state index contributed by atoms with van der Waals surface area (Å²) in [6, 6.07) is 19.1. The molecular formula is C77H99Cl5N16O10S2. The fraction of sp³-hybridized carbons (Fsp3) is 0.519. The number of likely N-dealkylation sites (tertiary alicyclic amines) is 2. The quantitative estimate of drug-likeness (QED) is 0.0699. The van der Waals surface area contributed by atoms with E-state index in [1.165, 1.54) is 37.9 Å². The summed E-state index contributed by atoms with van der Waals surface area (Å²) in [4.78, 5) is 33.0. The van der Waals surface area contributed by atoms with Gasteiger partial charge in [0.2, 0.25) is 31.9 Å². The summed E-state index contributed by atoms with van der Waals surface area (Å²) in [5, 5.41) is 47.6. The second kappa shape index (κ2) is 36.0. The second-order valence-electron chi connectivity index (χ2n) is 30.3. The number of aliphatic hydroxyl groups is 1. The van der Waals surface area contributed by atoms with Gasteiger partial charge in [-0.05, 0) is 169 Å². The van der Waals surface area contributed by atoms with Gasteiger partial charge in [-0.3, -0.25) is 39.1 Å². The molecule has 6 fully saturated rings. The second-order valence-corrected chi connectivity index (χ2v) is 36.4. The number of aromatic amines is 3. The number of halogens is 5. The monoisotopic (exact) mass is 1650 g/mol. The lowest BCUT2D eigenvalue weighted by Gasteiger charge is -2.46. The zero-order valence-corrected chi connectivity index (χ0v) is 68.9. The van der Waals surface area contributed by atoms with Crippen LogP contribution in [-0.4, -0.2) is 237 Å². The Morgan fingerprint density at radius 2 is 0.964 bits per heavy atom. The number of aliphatic hydroxyl groups excluding tert-OH is 1. The summed E-state index contributed by atoms with van der Waals surface area (Å²) < 4.78 is 70.2. The fourth-order valence-electron chi connectivity index (χ4n) is 15.2. The third kappa shape index (κ3) is 20.3. The Bertz CT molecular complexity index is 4960. The first-order valence-corrected chi connectivity index (χ1v) is 43.2. The number of fused-ring (bicyclic) bond motifs is 5. The van der Waals surface area contributed by atoms with Crippen molar-refractivity contribution in [3.63, 3.8) is 0 Å². The maximum Gasteiger partial charge on any atom is 0.225 e. The van der Waals surface area contributed by atoms with E-state index in [1.807, 2.05) is 83.3 Å².